The first-order valence-electron chi connectivity index (χ1n) is 10.4. The topological polar surface area (TPSA) is 105 Å². The second kappa shape index (κ2) is 9.58. The second-order valence-corrected chi connectivity index (χ2v) is 8.91. The maximum absolute atomic E-state index is 12.7. The van der Waals surface area contributed by atoms with E-state index in [1.54, 1.807) is 0 Å². The quantitative estimate of drug-likeness (QED) is 0.707. The largest absolute Gasteiger partial charge is 0.444 e. The van der Waals surface area contributed by atoms with Crippen LogP contribution in [0.1, 0.15) is 59.8 Å². The summed E-state index contributed by atoms with van der Waals surface area (Å²) < 4.78 is 5.43. The van der Waals surface area contributed by atoms with E-state index >= 15 is 0 Å². The van der Waals surface area contributed by atoms with Gasteiger partial charge in [0.15, 0.2) is 0 Å². The van der Waals surface area contributed by atoms with Crippen molar-refractivity contribution in [2.75, 3.05) is 26.2 Å². The van der Waals surface area contributed by atoms with Crippen molar-refractivity contribution in [2.45, 2.75) is 77.5 Å². The van der Waals surface area contributed by atoms with Gasteiger partial charge in [0.05, 0.1) is 6.04 Å². The summed E-state index contributed by atoms with van der Waals surface area (Å²) in [7, 11) is 0. The van der Waals surface area contributed by atoms with Crippen molar-refractivity contribution in [1.82, 2.24) is 15.1 Å². The molecule has 2 rings (SSSR count). The molecule has 8 nitrogen and oxygen atoms in total. The summed E-state index contributed by atoms with van der Waals surface area (Å²) >= 11 is 0. The lowest BCUT2D eigenvalue weighted by Crippen LogP contribution is -2.52. The van der Waals surface area contributed by atoms with Gasteiger partial charge in [0.1, 0.15) is 11.6 Å². The first-order chi connectivity index (χ1) is 13.1. The van der Waals surface area contributed by atoms with E-state index in [-0.39, 0.29) is 23.8 Å². The highest BCUT2D eigenvalue weighted by Crippen LogP contribution is 2.22. The first-order valence-corrected chi connectivity index (χ1v) is 10.4. The van der Waals surface area contributed by atoms with Crippen LogP contribution in [0.3, 0.4) is 0 Å². The van der Waals surface area contributed by atoms with Gasteiger partial charge in [-0.3, -0.25) is 19.4 Å². The van der Waals surface area contributed by atoms with Gasteiger partial charge in [-0.25, -0.2) is 4.79 Å². The van der Waals surface area contributed by atoms with Crippen molar-refractivity contribution in [1.29, 1.82) is 0 Å². The molecule has 3 N–H and O–H groups in total. The fraction of sp³-hybridized carbons (Fsp3) is 0.850. The molecular formula is C20H36N4O4. The highest BCUT2D eigenvalue weighted by molar-refractivity contribution is 5.86. The molecular weight excluding hydrogens is 360 g/mol. The lowest BCUT2D eigenvalue weighted by molar-refractivity contribution is -0.126. The van der Waals surface area contributed by atoms with Gasteiger partial charge in [0.2, 0.25) is 11.8 Å². The van der Waals surface area contributed by atoms with Gasteiger partial charge in [-0.2, -0.15) is 0 Å². The number of nitrogens with one attached hydrogen (secondary N) is 1. The Morgan fingerprint density at radius 2 is 1.86 bits per heavy atom. The standard InChI is InChI=1S/C20H36N4O4/c1-5-15(17(21)25)23-10-6-8-14(13-23)12-22-18(26)16-9-7-11-24(16)19(27)28-20(2,3)4/h14-16H,5-13H2,1-4H3,(H2,21,25)(H,22,26)/t14-,15-,16+/m1/s1. The lowest BCUT2D eigenvalue weighted by Gasteiger charge is -2.37. The molecule has 8 heteroatoms. The predicted octanol–water partition coefficient (Wildman–Crippen LogP) is 1.48. The highest BCUT2D eigenvalue weighted by Gasteiger charge is 2.37. The summed E-state index contributed by atoms with van der Waals surface area (Å²) in [5.74, 6) is -0.129. The number of nitrogens with two attached hydrogens (primary N) is 1. The van der Waals surface area contributed by atoms with Crippen molar-refractivity contribution in [2.24, 2.45) is 11.7 Å². The van der Waals surface area contributed by atoms with Crippen molar-refractivity contribution in [3.05, 3.63) is 0 Å². The number of nitrogens with zero attached hydrogens (tertiary/aromatic N) is 2. The molecule has 0 saturated carbocycles. The fourth-order valence-electron chi connectivity index (χ4n) is 4.13. The molecule has 2 aliphatic rings. The summed E-state index contributed by atoms with van der Waals surface area (Å²) in [4.78, 5) is 40.4. The number of amides is 3. The van der Waals surface area contributed by atoms with Crippen LogP contribution in [-0.4, -0.2) is 71.6 Å². The zero-order chi connectivity index (χ0) is 20.9. The minimum atomic E-state index is -0.581. The Balaban J connectivity index is 1.87. The van der Waals surface area contributed by atoms with E-state index in [2.05, 4.69) is 10.2 Å². The molecule has 0 spiro atoms. The van der Waals surface area contributed by atoms with Gasteiger partial charge in [0.25, 0.3) is 0 Å². The monoisotopic (exact) mass is 396 g/mol. The first kappa shape index (κ1) is 22.5. The minimum absolute atomic E-state index is 0.123. The molecule has 3 atom stereocenters. The molecule has 3 amide bonds. The highest BCUT2D eigenvalue weighted by atomic mass is 16.6. The Kier molecular flexibility index (Phi) is 7.69. The number of ether oxygens (including phenoxy) is 1. The summed E-state index contributed by atoms with van der Waals surface area (Å²) in [5, 5.41) is 3.02. The van der Waals surface area contributed by atoms with Gasteiger partial charge < -0.3 is 15.8 Å². The van der Waals surface area contributed by atoms with Gasteiger partial charge >= 0.3 is 6.09 Å². The normalized spacial score (nSPS) is 24.6. The molecule has 2 aliphatic heterocycles. The third-order valence-electron chi connectivity index (χ3n) is 5.45. The van der Waals surface area contributed by atoms with Crippen LogP contribution < -0.4 is 11.1 Å². The number of hydrogen-bond donors (Lipinski definition) is 2. The third-order valence-corrected chi connectivity index (χ3v) is 5.45. The molecule has 0 bridgehead atoms. The van der Waals surface area contributed by atoms with E-state index in [1.807, 2.05) is 27.7 Å². The zero-order valence-electron chi connectivity index (χ0n) is 17.7. The van der Waals surface area contributed by atoms with Crippen molar-refractivity contribution < 1.29 is 19.1 Å². The van der Waals surface area contributed by atoms with Gasteiger partial charge in [-0.1, -0.05) is 6.92 Å². The number of primary amides is 1. The van der Waals surface area contributed by atoms with E-state index in [4.69, 9.17) is 10.5 Å². The Labute approximate surface area is 168 Å². The van der Waals surface area contributed by atoms with Crippen molar-refractivity contribution >= 4 is 17.9 Å². The fourth-order valence-corrected chi connectivity index (χ4v) is 4.13. The van der Waals surface area contributed by atoms with E-state index < -0.39 is 17.7 Å². The maximum Gasteiger partial charge on any atom is 0.410 e. The number of likely N-dealkylation sites (tertiary alicyclic amines) is 2. The van der Waals surface area contributed by atoms with Crippen LogP contribution in [0.5, 0.6) is 0 Å². The van der Waals surface area contributed by atoms with Gasteiger partial charge in [-0.05, 0) is 65.3 Å². The molecule has 0 unspecified atom stereocenters. The number of rotatable bonds is 6. The summed E-state index contributed by atoms with van der Waals surface area (Å²) in [6.45, 7) is 10.1. The Hall–Kier alpha value is -1.83. The molecule has 160 valence electrons. The Morgan fingerprint density at radius 3 is 2.46 bits per heavy atom. The molecule has 2 saturated heterocycles. The molecule has 0 aliphatic carbocycles. The van der Waals surface area contributed by atoms with Crippen LogP contribution >= 0.6 is 0 Å². The van der Waals surface area contributed by atoms with E-state index in [0.717, 1.165) is 32.4 Å². The van der Waals surface area contributed by atoms with Crippen LogP contribution in [0, 0.1) is 5.92 Å². The summed E-state index contributed by atoms with van der Waals surface area (Å²) in [6, 6.07) is -0.709. The SMILES string of the molecule is CC[C@H](C(N)=O)N1CCC[C@H](CNC(=O)[C@@H]2CCCN2C(=O)OC(C)(C)C)C1. The van der Waals surface area contributed by atoms with Gasteiger partial charge in [-0.15, -0.1) is 0 Å². The smallest absolute Gasteiger partial charge is 0.410 e. The molecule has 0 aromatic carbocycles. The number of piperidine rings is 1. The molecule has 0 aromatic heterocycles. The van der Waals surface area contributed by atoms with Crippen molar-refractivity contribution in [3.63, 3.8) is 0 Å². The molecule has 2 fully saturated rings. The second-order valence-electron chi connectivity index (χ2n) is 8.91. The molecule has 2 heterocycles. The third kappa shape index (κ3) is 6.09. The Morgan fingerprint density at radius 1 is 1.18 bits per heavy atom. The van der Waals surface area contributed by atoms with Crippen LogP contribution in [0.4, 0.5) is 4.79 Å². The lowest BCUT2D eigenvalue weighted by atomic mass is 9.95. The number of hydrogen-bond acceptors (Lipinski definition) is 5. The summed E-state index contributed by atoms with van der Waals surface area (Å²) in [5.41, 5.74) is 4.94. The van der Waals surface area contributed by atoms with Crippen LogP contribution in [-0.2, 0) is 14.3 Å². The van der Waals surface area contributed by atoms with Gasteiger partial charge in [0, 0.05) is 19.6 Å². The molecule has 0 radical (unpaired) electrons. The van der Waals surface area contributed by atoms with Crippen LogP contribution in [0.2, 0.25) is 0 Å². The van der Waals surface area contributed by atoms with Crippen LogP contribution in [0.25, 0.3) is 0 Å². The number of carbonyl (C=O) groups is 3. The maximum atomic E-state index is 12.7. The molecule has 28 heavy (non-hydrogen) atoms. The van der Waals surface area contributed by atoms with Crippen molar-refractivity contribution in [3.8, 4) is 0 Å². The average Bonchev–Trinajstić information content (AvgIpc) is 3.09. The minimum Gasteiger partial charge on any atom is -0.444 e. The summed E-state index contributed by atoms with van der Waals surface area (Å²) in [6.07, 6.45) is 3.71. The van der Waals surface area contributed by atoms with Crippen LogP contribution in [0.15, 0.2) is 0 Å². The molecule has 0 aromatic rings. The number of carbonyl (C=O) groups excluding carboxylic acids is 3. The zero-order valence-corrected chi connectivity index (χ0v) is 17.7. The Bertz CT molecular complexity index is 575. The predicted molar refractivity (Wildman–Crippen MR) is 107 cm³/mol. The average molecular weight is 397 g/mol. The van der Waals surface area contributed by atoms with E-state index in [9.17, 15) is 14.4 Å². The van der Waals surface area contributed by atoms with E-state index in [1.165, 1.54) is 4.90 Å². The van der Waals surface area contributed by atoms with E-state index in [0.29, 0.717) is 25.9 Å².